The minimum atomic E-state index is -0.247. The molecule has 46 valence electrons. The maximum atomic E-state index is 8.67. The number of hydrogen-bond donors (Lipinski definition) is 1. The Morgan fingerprint density at radius 3 is 2.75 bits per heavy atom. The van der Waals surface area contributed by atoms with Crippen LogP contribution < -0.4 is 0 Å². The SMILES string of the molecule is C[C@@H](O)CCCC#N. The van der Waals surface area contributed by atoms with E-state index < -0.39 is 0 Å². The molecule has 0 saturated carbocycles. The van der Waals surface area contributed by atoms with E-state index in [1.54, 1.807) is 6.92 Å². The molecule has 0 fully saturated rings. The van der Waals surface area contributed by atoms with E-state index >= 15 is 0 Å². The van der Waals surface area contributed by atoms with Crippen LogP contribution in [0.5, 0.6) is 0 Å². The lowest BCUT2D eigenvalue weighted by Crippen LogP contribution is -1.97. The third-order valence-electron chi connectivity index (χ3n) is 0.910. The third kappa shape index (κ3) is 5.45. The molecule has 8 heavy (non-hydrogen) atoms. The van der Waals surface area contributed by atoms with Crippen LogP contribution in [0.1, 0.15) is 26.2 Å². The Labute approximate surface area is 49.8 Å². The molecule has 0 radical (unpaired) electrons. The Kier molecular flexibility index (Phi) is 4.29. The van der Waals surface area contributed by atoms with Crippen molar-refractivity contribution in [3.05, 3.63) is 0 Å². The van der Waals surface area contributed by atoms with Gasteiger partial charge < -0.3 is 5.11 Å². The van der Waals surface area contributed by atoms with E-state index in [-0.39, 0.29) is 6.10 Å². The van der Waals surface area contributed by atoms with Gasteiger partial charge in [0.25, 0.3) is 0 Å². The molecule has 0 bridgehead atoms. The molecule has 0 saturated heterocycles. The molecule has 0 amide bonds. The van der Waals surface area contributed by atoms with E-state index in [0.29, 0.717) is 6.42 Å². The predicted molar refractivity (Wildman–Crippen MR) is 31.1 cm³/mol. The van der Waals surface area contributed by atoms with Crippen LogP contribution in [0.15, 0.2) is 0 Å². The predicted octanol–water partition coefficient (Wildman–Crippen LogP) is 1.06. The molecule has 0 aromatic heterocycles. The summed E-state index contributed by atoms with van der Waals surface area (Å²) in [7, 11) is 0. The van der Waals surface area contributed by atoms with Crippen molar-refractivity contribution in [1.82, 2.24) is 0 Å². The lowest BCUT2D eigenvalue weighted by Gasteiger charge is -1.97. The average molecular weight is 113 g/mol. The molecule has 0 aliphatic heterocycles. The van der Waals surface area contributed by atoms with E-state index in [9.17, 15) is 0 Å². The molecule has 0 aromatic rings. The van der Waals surface area contributed by atoms with Crippen LogP contribution in [0.25, 0.3) is 0 Å². The van der Waals surface area contributed by atoms with Crippen LogP contribution in [-0.4, -0.2) is 11.2 Å². The molecule has 2 nitrogen and oxygen atoms in total. The summed E-state index contributed by atoms with van der Waals surface area (Å²) >= 11 is 0. The summed E-state index contributed by atoms with van der Waals surface area (Å²) in [6.45, 7) is 1.73. The highest BCUT2D eigenvalue weighted by Gasteiger charge is 1.92. The number of nitrogens with zero attached hydrogens (tertiary/aromatic N) is 1. The normalized spacial score (nSPS) is 12.6. The van der Waals surface area contributed by atoms with Gasteiger partial charge in [-0.1, -0.05) is 0 Å². The molecule has 2 heteroatoms. The number of aliphatic hydroxyl groups excluding tert-OH is 1. The first-order valence-electron chi connectivity index (χ1n) is 2.82. The van der Waals surface area contributed by atoms with Crippen LogP contribution in [0.4, 0.5) is 0 Å². The second-order valence-corrected chi connectivity index (χ2v) is 1.90. The van der Waals surface area contributed by atoms with Crippen LogP contribution in [-0.2, 0) is 0 Å². The summed E-state index contributed by atoms with van der Waals surface area (Å²) in [5.41, 5.74) is 0. The molecular weight excluding hydrogens is 102 g/mol. The number of aliphatic hydroxyl groups is 1. The Bertz CT molecular complexity index is 83.0. The zero-order valence-electron chi connectivity index (χ0n) is 5.09. The van der Waals surface area contributed by atoms with Crippen molar-refractivity contribution in [1.29, 1.82) is 5.26 Å². The average Bonchev–Trinajstić information content (AvgIpc) is 1.66. The Morgan fingerprint density at radius 1 is 1.75 bits per heavy atom. The van der Waals surface area contributed by atoms with Gasteiger partial charge in [0.2, 0.25) is 0 Å². The summed E-state index contributed by atoms with van der Waals surface area (Å²) < 4.78 is 0. The van der Waals surface area contributed by atoms with Crippen molar-refractivity contribution >= 4 is 0 Å². The van der Waals surface area contributed by atoms with Crippen LogP contribution >= 0.6 is 0 Å². The first-order chi connectivity index (χ1) is 3.77. The highest BCUT2D eigenvalue weighted by atomic mass is 16.3. The Morgan fingerprint density at radius 2 is 2.38 bits per heavy atom. The number of hydrogen-bond acceptors (Lipinski definition) is 2. The zero-order chi connectivity index (χ0) is 6.41. The van der Waals surface area contributed by atoms with Crippen molar-refractivity contribution in [2.24, 2.45) is 0 Å². The van der Waals surface area contributed by atoms with Gasteiger partial charge in [0.1, 0.15) is 0 Å². The molecule has 0 heterocycles. The Hall–Kier alpha value is -0.550. The molecule has 1 N–H and O–H groups in total. The van der Waals surface area contributed by atoms with E-state index in [0.717, 1.165) is 12.8 Å². The topological polar surface area (TPSA) is 44.0 Å². The molecule has 0 rings (SSSR count). The van der Waals surface area contributed by atoms with E-state index in [1.807, 2.05) is 6.07 Å². The number of nitriles is 1. The van der Waals surface area contributed by atoms with Gasteiger partial charge in [-0.05, 0) is 19.8 Å². The lowest BCUT2D eigenvalue weighted by atomic mass is 10.2. The molecule has 0 aromatic carbocycles. The van der Waals surface area contributed by atoms with Crippen molar-refractivity contribution in [3.8, 4) is 6.07 Å². The number of unbranched alkanes of at least 4 members (excludes halogenated alkanes) is 1. The maximum Gasteiger partial charge on any atom is 0.0621 e. The van der Waals surface area contributed by atoms with Crippen molar-refractivity contribution in [2.75, 3.05) is 0 Å². The van der Waals surface area contributed by atoms with Crippen LogP contribution in [0, 0.1) is 11.3 Å². The maximum absolute atomic E-state index is 8.67. The fourth-order valence-electron chi connectivity index (χ4n) is 0.477. The van der Waals surface area contributed by atoms with Crippen molar-refractivity contribution in [3.63, 3.8) is 0 Å². The quantitative estimate of drug-likeness (QED) is 0.556. The summed E-state index contributed by atoms with van der Waals surface area (Å²) in [4.78, 5) is 0. The van der Waals surface area contributed by atoms with Gasteiger partial charge in [-0.3, -0.25) is 0 Å². The molecular formula is C6H11NO. The zero-order valence-corrected chi connectivity index (χ0v) is 5.09. The second-order valence-electron chi connectivity index (χ2n) is 1.90. The Balaban J connectivity index is 2.85. The molecule has 0 aliphatic carbocycles. The van der Waals surface area contributed by atoms with Crippen LogP contribution in [0.3, 0.4) is 0 Å². The molecule has 0 unspecified atom stereocenters. The largest absolute Gasteiger partial charge is 0.393 e. The van der Waals surface area contributed by atoms with Gasteiger partial charge in [-0.15, -0.1) is 0 Å². The first kappa shape index (κ1) is 7.45. The molecule has 1 atom stereocenters. The van der Waals surface area contributed by atoms with Gasteiger partial charge in [0.15, 0.2) is 0 Å². The molecule has 0 aliphatic rings. The molecule has 0 spiro atoms. The third-order valence-corrected chi connectivity index (χ3v) is 0.910. The smallest absolute Gasteiger partial charge is 0.0621 e. The van der Waals surface area contributed by atoms with Gasteiger partial charge in [-0.2, -0.15) is 5.26 Å². The minimum Gasteiger partial charge on any atom is -0.393 e. The van der Waals surface area contributed by atoms with Crippen molar-refractivity contribution < 1.29 is 5.11 Å². The fourth-order valence-corrected chi connectivity index (χ4v) is 0.477. The highest BCUT2D eigenvalue weighted by Crippen LogP contribution is 1.97. The summed E-state index contributed by atoms with van der Waals surface area (Å²) in [5.74, 6) is 0. The lowest BCUT2D eigenvalue weighted by molar-refractivity contribution is 0.182. The highest BCUT2D eigenvalue weighted by molar-refractivity contribution is 4.68. The van der Waals surface area contributed by atoms with E-state index in [1.165, 1.54) is 0 Å². The van der Waals surface area contributed by atoms with Gasteiger partial charge in [-0.25, -0.2) is 0 Å². The summed E-state index contributed by atoms with van der Waals surface area (Å²) in [5, 5.41) is 16.7. The van der Waals surface area contributed by atoms with E-state index in [4.69, 9.17) is 10.4 Å². The van der Waals surface area contributed by atoms with Gasteiger partial charge >= 0.3 is 0 Å². The summed E-state index contributed by atoms with van der Waals surface area (Å²) in [6.07, 6.45) is 1.87. The number of rotatable bonds is 3. The van der Waals surface area contributed by atoms with Gasteiger partial charge in [0.05, 0.1) is 12.2 Å². The van der Waals surface area contributed by atoms with Crippen molar-refractivity contribution in [2.45, 2.75) is 32.3 Å². The standard InChI is InChI=1S/C6H11NO/c1-6(8)4-2-3-5-7/h6,8H,2-4H2,1H3/t6-/m1/s1. The fraction of sp³-hybridized carbons (Fsp3) is 0.833. The van der Waals surface area contributed by atoms with Crippen LogP contribution in [0.2, 0.25) is 0 Å². The first-order valence-corrected chi connectivity index (χ1v) is 2.82. The summed E-state index contributed by atoms with van der Waals surface area (Å²) in [6, 6.07) is 2.01. The van der Waals surface area contributed by atoms with Gasteiger partial charge in [0, 0.05) is 6.42 Å². The minimum absolute atomic E-state index is 0.247. The monoisotopic (exact) mass is 113 g/mol. The second kappa shape index (κ2) is 4.61. The van der Waals surface area contributed by atoms with E-state index in [2.05, 4.69) is 0 Å².